The molecule has 0 saturated heterocycles. The summed E-state index contributed by atoms with van der Waals surface area (Å²) in [6.45, 7) is 4.19. The van der Waals surface area contributed by atoms with Gasteiger partial charge in [0.1, 0.15) is 0 Å². The molecular weight excluding hydrogens is 128 g/mol. The van der Waals surface area contributed by atoms with Crippen LogP contribution >= 0.6 is 12.6 Å². The zero-order valence-corrected chi connectivity index (χ0v) is 6.57. The van der Waals surface area contributed by atoms with E-state index in [1.165, 1.54) is 11.1 Å². The number of hydrogen-bond acceptors (Lipinski definition) is 1. The molecule has 0 aliphatic rings. The molecule has 0 fully saturated rings. The van der Waals surface area contributed by atoms with Crippen molar-refractivity contribution < 1.29 is 0 Å². The summed E-state index contributed by atoms with van der Waals surface area (Å²) in [5.41, 5.74) is 2.63. The first-order valence-electron chi connectivity index (χ1n) is 2.96. The quantitative estimate of drug-likeness (QED) is 0.523. The lowest BCUT2D eigenvalue weighted by atomic mass is 10.1. The lowest BCUT2D eigenvalue weighted by Crippen LogP contribution is -1.77. The molecule has 0 amide bonds. The summed E-state index contributed by atoms with van der Waals surface area (Å²) in [7, 11) is 0. The molecule has 9 heavy (non-hydrogen) atoms. The van der Waals surface area contributed by atoms with Crippen molar-refractivity contribution in [1.29, 1.82) is 0 Å². The zero-order chi connectivity index (χ0) is 6.85. The van der Waals surface area contributed by atoms with Crippen LogP contribution in [0.5, 0.6) is 0 Å². The maximum atomic E-state index is 4.20. The molecule has 0 unspecified atom stereocenters. The first kappa shape index (κ1) is 6.69. The zero-order valence-electron chi connectivity index (χ0n) is 5.68. The molecule has 0 saturated carbocycles. The monoisotopic (exact) mass is 138 g/mol. The van der Waals surface area contributed by atoms with E-state index in [1.54, 1.807) is 0 Å². The smallest absolute Gasteiger partial charge is 0.00428 e. The first-order chi connectivity index (χ1) is 4.20. The van der Waals surface area contributed by atoms with Gasteiger partial charge in [-0.1, -0.05) is 6.07 Å². The lowest BCUT2D eigenvalue weighted by Gasteiger charge is -1.97. The third-order valence-electron chi connectivity index (χ3n) is 1.49. The summed E-state index contributed by atoms with van der Waals surface area (Å²) < 4.78 is 0. The molecule has 0 spiro atoms. The molecule has 0 N–H and O–H groups in total. The van der Waals surface area contributed by atoms with Gasteiger partial charge in [-0.15, -0.1) is 12.6 Å². The van der Waals surface area contributed by atoms with Crippen LogP contribution in [0.1, 0.15) is 11.1 Å². The molecule has 1 aromatic rings. The van der Waals surface area contributed by atoms with Crippen LogP contribution in [0.25, 0.3) is 0 Å². The molecule has 0 aromatic heterocycles. The fourth-order valence-corrected chi connectivity index (χ4v) is 0.994. The van der Waals surface area contributed by atoms with Crippen LogP contribution in [-0.2, 0) is 0 Å². The van der Waals surface area contributed by atoms with Gasteiger partial charge in [-0.25, -0.2) is 0 Å². The topological polar surface area (TPSA) is 0 Å². The third-order valence-corrected chi connectivity index (χ3v) is 1.77. The molecule has 1 heteroatoms. The fraction of sp³-hybridized carbons (Fsp3) is 0.250. The van der Waals surface area contributed by atoms with E-state index >= 15 is 0 Å². The second-order valence-corrected chi connectivity index (χ2v) is 2.78. The predicted molar refractivity (Wildman–Crippen MR) is 43.2 cm³/mol. The molecule has 0 aliphatic carbocycles. The fourth-order valence-electron chi connectivity index (χ4n) is 0.726. The maximum Gasteiger partial charge on any atom is 0.00428 e. The predicted octanol–water partition coefficient (Wildman–Crippen LogP) is 2.59. The van der Waals surface area contributed by atoms with Crippen molar-refractivity contribution in [3.63, 3.8) is 0 Å². The molecule has 0 atom stereocenters. The highest BCUT2D eigenvalue weighted by atomic mass is 32.1. The van der Waals surface area contributed by atoms with Gasteiger partial charge >= 0.3 is 0 Å². The van der Waals surface area contributed by atoms with Crippen LogP contribution in [0.4, 0.5) is 0 Å². The van der Waals surface area contributed by atoms with Gasteiger partial charge in [0, 0.05) is 4.90 Å². The highest BCUT2D eigenvalue weighted by Crippen LogP contribution is 2.11. The summed E-state index contributed by atoms with van der Waals surface area (Å²) in [4.78, 5) is 1.04. The van der Waals surface area contributed by atoms with E-state index in [4.69, 9.17) is 0 Å². The second-order valence-electron chi connectivity index (χ2n) is 2.27. The molecular formula is C8H10S. The van der Waals surface area contributed by atoms with Crippen LogP contribution < -0.4 is 0 Å². The van der Waals surface area contributed by atoms with Crippen LogP contribution in [0, 0.1) is 13.8 Å². The van der Waals surface area contributed by atoms with Crippen LogP contribution in [-0.4, -0.2) is 0 Å². The standard InChI is InChI=1S/C8H10S/c1-6-3-4-8(9)5-7(6)2/h3-5,9H,1-2H3. The van der Waals surface area contributed by atoms with Crippen molar-refractivity contribution >= 4 is 12.6 Å². The molecule has 48 valence electrons. The Hall–Kier alpha value is -0.430. The Morgan fingerprint density at radius 1 is 1.11 bits per heavy atom. The summed E-state index contributed by atoms with van der Waals surface area (Å²) >= 11 is 4.20. The van der Waals surface area contributed by atoms with Gasteiger partial charge in [-0.05, 0) is 37.1 Å². The summed E-state index contributed by atoms with van der Waals surface area (Å²) in [6, 6.07) is 6.15. The van der Waals surface area contributed by atoms with Crippen molar-refractivity contribution in [2.24, 2.45) is 0 Å². The van der Waals surface area contributed by atoms with Crippen molar-refractivity contribution in [1.82, 2.24) is 0 Å². The van der Waals surface area contributed by atoms with Crippen molar-refractivity contribution in [3.8, 4) is 0 Å². The summed E-state index contributed by atoms with van der Waals surface area (Å²) in [5.74, 6) is 0. The Morgan fingerprint density at radius 3 is 2.22 bits per heavy atom. The van der Waals surface area contributed by atoms with Crippen LogP contribution in [0.15, 0.2) is 23.1 Å². The Bertz CT molecular complexity index is 216. The summed E-state index contributed by atoms with van der Waals surface area (Å²) in [6.07, 6.45) is 0. The lowest BCUT2D eigenvalue weighted by molar-refractivity contribution is 1.28. The van der Waals surface area contributed by atoms with E-state index < -0.39 is 0 Å². The third kappa shape index (κ3) is 1.49. The van der Waals surface area contributed by atoms with E-state index in [0.717, 1.165) is 4.90 Å². The van der Waals surface area contributed by atoms with Gasteiger partial charge in [-0.2, -0.15) is 0 Å². The highest BCUT2D eigenvalue weighted by molar-refractivity contribution is 7.80. The number of rotatable bonds is 0. The van der Waals surface area contributed by atoms with Crippen molar-refractivity contribution in [2.75, 3.05) is 0 Å². The Kier molecular flexibility index (Phi) is 1.81. The van der Waals surface area contributed by atoms with Crippen molar-refractivity contribution in [3.05, 3.63) is 29.3 Å². The van der Waals surface area contributed by atoms with E-state index in [-0.39, 0.29) is 0 Å². The van der Waals surface area contributed by atoms with E-state index in [0.29, 0.717) is 0 Å². The van der Waals surface area contributed by atoms with Gasteiger partial charge in [-0.3, -0.25) is 0 Å². The normalized spacial score (nSPS) is 9.67. The average molecular weight is 138 g/mol. The number of benzene rings is 1. The number of hydrogen-bond donors (Lipinski definition) is 1. The minimum Gasteiger partial charge on any atom is -0.143 e. The van der Waals surface area contributed by atoms with Gasteiger partial charge in [0.05, 0.1) is 0 Å². The van der Waals surface area contributed by atoms with Crippen LogP contribution in [0.3, 0.4) is 0 Å². The molecule has 1 aromatic carbocycles. The van der Waals surface area contributed by atoms with Crippen LogP contribution in [0.2, 0.25) is 0 Å². The average Bonchev–Trinajstić information content (AvgIpc) is 1.80. The van der Waals surface area contributed by atoms with E-state index in [1.807, 2.05) is 6.07 Å². The number of aryl methyl sites for hydroxylation is 2. The Morgan fingerprint density at radius 2 is 1.78 bits per heavy atom. The largest absolute Gasteiger partial charge is 0.143 e. The Labute approximate surface area is 61.3 Å². The maximum absolute atomic E-state index is 4.20. The molecule has 0 radical (unpaired) electrons. The minimum atomic E-state index is 1.04. The van der Waals surface area contributed by atoms with Crippen molar-refractivity contribution in [2.45, 2.75) is 18.7 Å². The van der Waals surface area contributed by atoms with E-state index in [9.17, 15) is 0 Å². The highest BCUT2D eigenvalue weighted by Gasteiger charge is 1.89. The van der Waals surface area contributed by atoms with Gasteiger partial charge in [0.15, 0.2) is 0 Å². The number of thiol groups is 1. The second kappa shape index (κ2) is 2.44. The summed E-state index contributed by atoms with van der Waals surface area (Å²) in [5, 5.41) is 0. The van der Waals surface area contributed by atoms with E-state index in [2.05, 4.69) is 38.6 Å². The van der Waals surface area contributed by atoms with Gasteiger partial charge < -0.3 is 0 Å². The minimum absolute atomic E-state index is 1.04. The van der Waals surface area contributed by atoms with Gasteiger partial charge in [0.25, 0.3) is 0 Å². The molecule has 0 nitrogen and oxygen atoms in total. The first-order valence-corrected chi connectivity index (χ1v) is 3.41. The molecule has 0 bridgehead atoms. The Balaban J connectivity index is 3.17. The molecule has 0 aliphatic heterocycles. The SMILES string of the molecule is Cc1ccc(S)cc1C. The van der Waals surface area contributed by atoms with Gasteiger partial charge in [0.2, 0.25) is 0 Å². The molecule has 0 heterocycles. The molecule has 1 rings (SSSR count).